The van der Waals surface area contributed by atoms with E-state index in [0.29, 0.717) is 5.69 Å². The second-order valence-electron chi connectivity index (χ2n) is 7.19. The van der Waals surface area contributed by atoms with Crippen LogP contribution in [-0.2, 0) is 14.2 Å². The van der Waals surface area contributed by atoms with Crippen LogP contribution in [0.5, 0.6) is 5.75 Å². The van der Waals surface area contributed by atoms with Gasteiger partial charge in [-0.3, -0.25) is 0 Å². The molecule has 2 aliphatic rings. The summed E-state index contributed by atoms with van der Waals surface area (Å²) in [5, 5.41) is 69.8. The van der Waals surface area contributed by atoms with E-state index in [1.165, 1.54) is 12.1 Å². The lowest BCUT2D eigenvalue weighted by atomic mass is 9.97. The maximum atomic E-state index is 10.6. The van der Waals surface area contributed by atoms with Crippen molar-refractivity contribution in [2.75, 3.05) is 18.9 Å². The number of rotatable bonds is 6. The number of benzene rings is 1. The van der Waals surface area contributed by atoms with Gasteiger partial charge in [-0.15, -0.1) is 0 Å². The lowest BCUT2D eigenvalue weighted by molar-refractivity contribution is -0.352. The number of ether oxygens (including phenoxy) is 4. The van der Waals surface area contributed by atoms with E-state index in [0.717, 1.165) is 0 Å². The number of aliphatic hydroxyl groups is 7. The first-order valence-corrected chi connectivity index (χ1v) is 9.37. The number of aliphatic hydroxyl groups excluding tert-OH is 7. The molecule has 170 valence electrons. The summed E-state index contributed by atoms with van der Waals surface area (Å²) in [7, 11) is 0. The van der Waals surface area contributed by atoms with Gasteiger partial charge in [0.1, 0.15) is 54.6 Å². The highest BCUT2D eigenvalue weighted by atomic mass is 16.7. The predicted octanol–water partition coefficient (Wildman–Crippen LogP) is -3.73. The Labute approximate surface area is 171 Å². The maximum absolute atomic E-state index is 10.6. The van der Waals surface area contributed by atoms with Crippen molar-refractivity contribution in [1.82, 2.24) is 0 Å². The van der Waals surface area contributed by atoms with E-state index in [1.807, 2.05) is 0 Å². The Morgan fingerprint density at radius 2 is 1.30 bits per heavy atom. The molecule has 12 heteroatoms. The largest absolute Gasteiger partial charge is 0.462 e. The fraction of sp³-hybridized carbons (Fsp3) is 0.667. The Hall–Kier alpha value is -1.58. The summed E-state index contributed by atoms with van der Waals surface area (Å²) in [6.45, 7) is -1.31. The van der Waals surface area contributed by atoms with Crippen molar-refractivity contribution in [3.8, 4) is 5.75 Å². The van der Waals surface area contributed by atoms with Crippen LogP contribution in [-0.4, -0.2) is 110 Å². The number of anilines is 1. The molecule has 0 aromatic heterocycles. The van der Waals surface area contributed by atoms with Crippen molar-refractivity contribution in [3.63, 3.8) is 0 Å². The zero-order valence-corrected chi connectivity index (χ0v) is 15.8. The first-order chi connectivity index (χ1) is 14.3. The van der Waals surface area contributed by atoms with Crippen LogP contribution in [0.15, 0.2) is 24.3 Å². The summed E-state index contributed by atoms with van der Waals surface area (Å²) < 4.78 is 21.7. The van der Waals surface area contributed by atoms with E-state index in [4.69, 9.17) is 24.7 Å². The van der Waals surface area contributed by atoms with Gasteiger partial charge in [-0.25, -0.2) is 0 Å². The van der Waals surface area contributed by atoms with Crippen LogP contribution in [0.4, 0.5) is 5.69 Å². The highest BCUT2D eigenvalue weighted by Crippen LogP contribution is 2.30. The zero-order chi connectivity index (χ0) is 22.0. The molecular weight excluding hydrogens is 406 g/mol. The van der Waals surface area contributed by atoms with Crippen LogP contribution in [0.1, 0.15) is 0 Å². The fourth-order valence-electron chi connectivity index (χ4n) is 3.33. The van der Waals surface area contributed by atoms with Crippen molar-refractivity contribution >= 4 is 5.69 Å². The molecule has 0 spiro atoms. The molecule has 2 saturated heterocycles. The Balaban J connectivity index is 1.76. The molecule has 30 heavy (non-hydrogen) atoms. The van der Waals surface area contributed by atoms with E-state index in [-0.39, 0.29) is 5.75 Å². The van der Waals surface area contributed by atoms with Gasteiger partial charge in [0.25, 0.3) is 0 Å². The summed E-state index contributed by atoms with van der Waals surface area (Å²) in [5.41, 5.74) is 6.10. The van der Waals surface area contributed by atoms with Gasteiger partial charge in [0.15, 0.2) is 6.29 Å². The lowest BCUT2D eigenvalue weighted by Gasteiger charge is -2.45. The summed E-state index contributed by atoms with van der Waals surface area (Å²) in [6.07, 6.45) is -15.1. The van der Waals surface area contributed by atoms with Gasteiger partial charge in [0.2, 0.25) is 6.29 Å². The minimum Gasteiger partial charge on any atom is -0.462 e. The Morgan fingerprint density at radius 1 is 0.733 bits per heavy atom. The van der Waals surface area contributed by atoms with E-state index < -0.39 is 74.6 Å². The van der Waals surface area contributed by atoms with Gasteiger partial charge in [-0.2, -0.15) is 0 Å². The number of hydrogen-bond donors (Lipinski definition) is 8. The Morgan fingerprint density at radius 3 is 1.90 bits per heavy atom. The average Bonchev–Trinajstić information content (AvgIpc) is 2.74. The molecule has 2 aliphatic heterocycles. The average molecular weight is 433 g/mol. The zero-order valence-electron chi connectivity index (χ0n) is 15.8. The molecule has 2 fully saturated rings. The third kappa shape index (κ3) is 4.68. The van der Waals surface area contributed by atoms with Crippen LogP contribution >= 0.6 is 0 Å². The van der Waals surface area contributed by atoms with Crippen molar-refractivity contribution in [2.24, 2.45) is 0 Å². The molecule has 1 aromatic carbocycles. The standard InChI is InChI=1S/C18H27NO11/c19-7-1-3-8(4-2-7)27-18-15(26)16(12(23)10(6-21)29-18)30-17-14(25)13(24)11(22)9(5-20)28-17/h1-4,9-18,20-26H,5-6,19H2/t9-,10+,11+,12+,13-,14+,15+,16-,17+,18-/m0/s1. The molecule has 0 unspecified atom stereocenters. The van der Waals surface area contributed by atoms with Crippen LogP contribution < -0.4 is 10.5 Å². The van der Waals surface area contributed by atoms with Crippen molar-refractivity contribution in [3.05, 3.63) is 24.3 Å². The van der Waals surface area contributed by atoms with E-state index in [2.05, 4.69) is 0 Å². The lowest BCUT2D eigenvalue weighted by Crippen LogP contribution is -2.65. The molecule has 12 nitrogen and oxygen atoms in total. The number of hydrogen-bond acceptors (Lipinski definition) is 12. The molecular formula is C18H27NO11. The first-order valence-electron chi connectivity index (χ1n) is 9.37. The van der Waals surface area contributed by atoms with Crippen LogP contribution in [0.3, 0.4) is 0 Å². The molecule has 10 atom stereocenters. The molecule has 0 radical (unpaired) electrons. The van der Waals surface area contributed by atoms with Crippen LogP contribution in [0, 0.1) is 0 Å². The molecule has 9 N–H and O–H groups in total. The van der Waals surface area contributed by atoms with E-state index in [9.17, 15) is 35.7 Å². The summed E-state index contributed by atoms with van der Waals surface area (Å²) in [5.74, 6) is 0.285. The van der Waals surface area contributed by atoms with E-state index >= 15 is 0 Å². The van der Waals surface area contributed by atoms with Gasteiger partial charge >= 0.3 is 0 Å². The van der Waals surface area contributed by atoms with Crippen molar-refractivity contribution in [1.29, 1.82) is 0 Å². The fourth-order valence-corrected chi connectivity index (χ4v) is 3.33. The third-order valence-electron chi connectivity index (χ3n) is 5.09. The van der Waals surface area contributed by atoms with Crippen molar-refractivity contribution in [2.45, 2.75) is 61.4 Å². The summed E-state index contributed by atoms with van der Waals surface area (Å²) in [4.78, 5) is 0. The Kier molecular flexibility index (Phi) is 7.47. The third-order valence-corrected chi connectivity index (χ3v) is 5.09. The molecule has 0 saturated carbocycles. The summed E-state index contributed by atoms with van der Waals surface area (Å²) >= 11 is 0. The van der Waals surface area contributed by atoms with Gasteiger partial charge in [0.05, 0.1) is 13.2 Å². The van der Waals surface area contributed by atoms with Gasteiger partial charge < -0.3 is 60.4 Å². The molecule has 0 bridgehead atoms. The normalized spacial score (nSPS) is 42.1. The smallest absolute Gasteiger partial charge is 0.229 e. The first kappa shape index (κ1) is 23.1. The number of nitrogen functional groups attached to an aromatic ring is 1. The second-order valence-corrected chi connectivity index (χ2v) is 7.19. The second kappa shape index (κ2) is 9.70. The summed E-state index contributed by atoms with van der Waals surface area (Å²) in [6, 6.07) is 6.17. The highest BCUT2D eigenvalue weighted by molar-refractivity contribution is 5.41. The predicted molar refractivity (Wildman–Crippen MR) is 97.9 cm³/mol. The van der Waals surface area contributed by atoms with E-state index in [1.54, 1.807) is 12.1 Å². The van der Waals surface area contributed by atoms with Gasteiger partial charge in [0, 0.05) is 5.69 Å². The van der Waals surface area contributed by atoms with Gasteiger partial charge in [-0.1, -0.05) is 0 Å². The number of nitrogens with two attached hydrogens (primary N) is 1. The Bertz CT molecular complexity index is 675. The molecule has 3 rings (SSSR count). The minimum atomic E-state index is -1.74. The topological polar surface area (TPSA) is 205 Å². The van der Waals surface area contributed by atoms with Gasteiger partial charge in [-0.05, 0) is 24.3 Å². The molecule has 0 aliphatic carbocycles. The quantitative estimate of drug-likeness (QED) is 0.204. The minimum absolute atomic E-state index is 0.285. The van der Waals surface area contributed by atoms with Crippen molar-refractivity contribution < 1.29 is 54.7 Å². The SMILES string of the molecule is Nc1ccc(O[C@H]2O[C@H](CO)[C@@H](O)[C@H](O[C@H]3O[C@@H](CO)[C@@H](O)[C@H](O)[C@H]3O)[C@H]2O)cc1. The molecule has 1 aromatic rings. The monoisotopic (exact) mass is 433 g/mol. The highest BCUT2D eigenvalue weighted by Gasteiger charge is 2.51. The van der Waals surface area contributed by atoms with Crippen LogP contribution in [0.25, 0.3) is 0 Å². The molecule has 0 amide bonds. The van der Waals surface area contributed by atoms with Crippen LogP contribution in [0.2, 0.25) is 0 Å². The molecule has 2 heterocycles. The maximum Gasteiger partial charge on any atom is 0.229 e.